The van der Waals surface area contributed by atoms with Crippen LogP contribution in [0.3, 0.4) is 0 Å². The number of aromatic nitrogens is 1. The number of pyridine rings is 1. The summed E-state index contributed by atoms with van der Waals surface area (Å²) in [6.07, 6.45) is -6.42. The molecular formula is C40H49F6N5O10S. The maximum Gasteiger partial charge on any atom is 0.427 e. The first-order chi connectivity index (χ1) is 28.9. The van der Waals surface area contributed by atoms with Crippen LogP contribution in [0.1, 0.15) is 72.6 Å². The van der Waals surface area contributed by atoms with Crippen molar-refractivity contribution in [1.82, 2.24) is 25.2 Å². The number of carbonyl (C=O) groups is 4. The molecule has 15 nitrogen and oxygen atoms in total. The molecule has 3 heterocycles. The molecule has 0 spiro atoms. The van der Waals surface area contributed by atoms with Crippen molar-refractivity contribution >= 4 is 44.6 Å². The van der Waals surface area contributed by atoms with Crippen LogP contribution >= 0.6 is 0 Å². The Morgan fingerprint density at radius 2 is 1.71 bits per heavy atom. The van der Waals surface area contributed by atoms with Crippen molar-refractivity contribution in [2.45, 2.75) is 119 Å². The molecule has 2 aliphatic heterocycles. The number of amides is 4. The molecule has 4 aliphatic rings. The lowest BCUT2D eigenvalue weighted by atomic mass is 9.88. The third-order valence-corrected chi connectivity index (χ3v) is 14.3. The van der Waals surface area contributed by atoms with E-state index in [-0.39, 0.29) is 60.8 Å². The number of allylic oxidation sites excluding steroid dienone is 1. The van der Waals surface area contributed by atoms with Gasteiger partial charge in [-0.15, -0.1) is 0 Å². The third kappa shape index (κ3) is 8.92. The lowest BCUT2D eigenvalue weighted by Crippen LogP contribution is -2.60. The van der Waals surface area contributed by atoms with Crippen molar-refractivity contribution in [3.8, 4) is 17.4 Å². The van der Waals surface area contributed by atoms with Gasteiger partial charge in [0.1, 0.15) is 29.5 Å². The summed E-state index contributed by atoms with van der Waals surface area (Å²) in [6.45, 7) is 4.29. The van der Waals surface area contributed by atoms with Gasteiger partial charge in [-0.3, -0.25) is 19.1 Å². The Hall–Kier alpha value is -5.02. The fraction of sp³-hybridized carbons (Fsp3) is 0.625. The van der Waals surface area contributed by atoms with E-state index in [0.29, 0.717) is 32.1 Å². The molecule has 342 valence electrons. The van der Waals surface area contributed by atoms with E-state index >= 15 is 4.39 Å². The van der Waals surface area contributed by atoms with Gasteiger partial charge in [-0.2, -0.15) is 13.2 Å². The molecule has 0 unspecified atom stereocenters. The summed E-state index contributed by atoms with van der Waals surface area (Å²) in [5.41, 5.74) is -4.92. The predicted molar refractivity (Wildman–Crippen MR) is 208 cm³/mol. The second-order valence-electron chi connectivity index (χ2n) is 17.1. The lowest BCUT2D eigenvalue weighted by Gasteiger charge is -2.34. The molecule has 7 atom stereocenters. The Balaban J connectivity index is 1.38. The summed E-state index contributed by atoms with van der Waals surface area (Å²) in [5, 5.41) is 5.31. The van der Waals surface area contributed by atoms with Gasteiger partial charge in [0, 0.05) is 17.7 Å². The number of nitrogens with zero attached hydrogens (tertiary/aromatic N) is 2. The maximum absolute atomic E-state index is 15.1. The van der Waals surface area contributed by atoms with Crippen LogP contribution in [0.25, 0.3) is 10.8 Å². The van der Waals surface area contributed by atoms with Crippen molar-refractivity contribution < 1.29 is 72.9 Å². The number of benzene rings is 1. The highest BCUT2D eigenvalue weighted by atomic mass is 32.2. The topological polar surface area (TPSA) is 192 Å². The number of hydrogen-bond donors (Lipinski definition) is 3. The van der Waals surface area contributed by atoms with Gasteiger partial charge in [-0.1, -0.05) is 26.0 Å². The van der Waals surface area contributed by atoms with Crippen LogP contribution in [0.4, 0.5) is 31.1 Å². The summed E-state index contributed by atoms with van der Waals surface area (Å²) in [7, 11) is -2.31. The molecule has 6 rings (SSSR count). The quantitative estimate of drug-likeness (QED) is 0.207. The van der Waals surface area contributed by atoms with E-state index < -0.39 is 105 Å². The van der Waals surface area contributed by atoms with Crippen LogP contribution in [0, 0.1) is 23.6 Å². The first-order valence-electron chi connectivity index (χ1n) is 20.0. The molecule has 1 saturated heterocycles. The van der Waals surface area contributed by atoms with E-state index in [9.17, 15) is 49.5 Å². The first-order valence-corrected chi connectivity index (χ1v) is 21.5. The standard InChI is InChI=1S/C40H49F6N5O10S/c1-20-9-7-8-10-22-17-39(22,35(54)50-62(56,57)38(11-12-38)34(42)43)49-31(52)27-14-23(60-32-25-15-26(41)28(58-5)16-24(25)29(59-6)18-47-32)19-51(27)33(53)30(21(2)13-20)48-36(55)61-37(3,4)40(44,45)46/h8,10,15-16,18,20-23,27,30,34H,7,9,11-14,17,19H2,1-6H3,(H,48,55)(H,49,52)(H,50,54)/b10-8-/t20-,21+,22+,23+,27-,30-,39+/m0/s1. The molecule has 1 aromatic heterocycles. The first kappa shape index (κ1) is 46.5. The fourth-order valence-corrected chi connectivity index (χ4v) is 9.57. The van der Waals surface area contributed by atoms with Gasteiger partial charge in [0.15, 0.2) is 16.3 Å². The summed E-state index contributed by atoms with van der Waals surface area (Å²) >= 11 is 0. The summed E-state index contributed by atoms with van der Waals surface area (Å²) in [6, 6.07) is -0.690. The maximum atomic E-state index is 15.1. The fourth-order valence-electron chi connectivity index (χ4n) is 8.07. The number of hydrogen-bond acceptors (Lipinski definition) is 11. The largest absolute Gasteiger partial charge is 0.494 e. The number of fused-ring (bicyclic) bond motifs is 3. The van der Waals surface area contributed by atoms with Crippen molar-refractivity contribution in [2.75, 3.05) is 20.8 Å². The number of carbonyl (C=O) groups excluding carboxylic acids is 4. The SMILES string of the molecule is COc1cc2c(OC)cnc(O[C@@H]3C[C@H]4C(=O)N[C@]5(C(=O)NS(=O)(=O)C6(C(F)F)CC6)C[C@H]5/C=C\CC[C@H](C)C[C@@H](C)[C@H](NC(=O)OC(C)(C)C(F)(F)F)C(=O)N4C3)c2cc1F. The minimum absolute atomic E-state index is 0.113. The average molecular weight is 906 g/mol. The highest BCUT2D eigenvalue weighted by molar-refractivity contribution is 7.91. The molecule has 22 heteroatoms. The van der Waals surface area contributed by atoms with Crippen LogP contribution in [0.5, 0.6) is 17.4 Å². The molecule has 2 aliphatic carbocycles. The van der Waals surface area contributed by atoms with Gasteiger partial charge < -0.3 is 34.5 Å². The van der Waals surface area contributed by atoms with Crippen LogP contribution in [0.2, 0.25) is 0 Å². The molecule has 0 radical (unpaired) electrons. The number of alkyl carbamates (subject to hydrolysis) is 1. The molecule has 3 N–H and O–H groups in total. The van der Waals surface area contributed by atoms with E-state index in [1.165, 1.54) is 26.5 Å². The number of ether oxygens (including phenoxy) is 4. The number of sulfonamides is 1. The normalized spacial score (nSPS) is 28.4. The third-order valence-electron chi connectivity index (χ3n) is 12.2. The van der Waals surface area contributed by atoms with Gasteiger partial charge in [-0.05, 0) is 76.3 Å². The molecule has 0 bridgehead atoms. The van der Waals surface area contributed by atoms with Gasteiger partial charge in [0.05, 0.1) is 32.3 Å². The monoisotopic (exact) mass is 905 g/mol. The number of rotatable bonds is 10. The van der Waals surface area contributed by atoms with Crippen LogP contribution in [-0.2, 0) is 29.1 Å². The van der Waals surface area contributed by atoms with Gasteiger partial charge in [-0.25, -0.2) is 31.4 Å². The number of halogens is 6. The summed E-state index contributed by atoms with van der Waals surface area (Å²) in [5.74, 6) is -5.74. The second kappa shape index (κ2) is 16.9. The number of methoxy groups -OCH3 is 2. The Bertz CT molecular complexity index is 2240. The smallest absolute Gasteiger partial charge is 0.427 e. The summed E-state index contributed by atoms with van der Waals surface area (Å²) < 4.78 is 131. The zero-order chi connectivity index (χ0) is 45.7. The molecule has 1 aromatic carbocycles. The average Bonchev–Trinajstić information content (AvgIpc) is 4.09. The highest BCUT2D eigenvalue weighted by Crippen LogP contribution is 2.50. The molecule has 2 aromatic rings. The van der Waals surface area contributed by atoms with E-state index in [4.69, 9.17) is 18.9 Å². The molecule has 3 fully saturated rings. The van der Waals surface area contributed by atoms with E-state index in [0.717, 1.165) is 11.0 Å². The second-order valence-corrected chi connectivity index (χ2v) is 19.1. The van der Waals surface area contributed by atoms with Crippen molar-refractivity contribution in [3.63, 3.8) is 0 Å². The molecule has 2 saturated carbocycles. The van der Waals surface area contributed by atoms with Crippen molar-refractivity contribution in [3.05, 3.63) is 36.3 Å². The lowest BCUT2D eigenvalue weighted by molar-refractivity contribution is -0.244. The van der Waals surface area contributed by atoms with Crippen LogP contribution in [0.15, 0.2) is 30.5 Å². The number of nitrogens with one attached hydrogen (secondary N) is 3. The molecular weight excluding hydrogens is 857 g/mol. The Morgan fingerprint density at radius 3 is 2.32 bits per heavy atom. The van der Waals surface area contributed by atoms with Crippen LogP contribution in [-0.4, -0.2) is 110 Å². The van der Waals surface area contributed by atoms with Gasteiger partial charge in [0.2, 0.25) is 33.3 Å². The van der Waals surface area contributed by atoms with E-state index in [1.807, 2.05) is 6.92 Å². The van der Waals surface area contributed by atoms with E-state index in [2.05, 4.69) is 15.6 Å². The van der Waals surface area contributed by atoms with E-state index in [1.54, 1.807) is 23.8 Å². The number of alkyl halides is 5. The van der Waals surface area contributed by atoms with Gasteiger partial charge >= 0.3 is 12.3 Å². The predicted octanol–water partition coefficient (Wildman–Crippen LogP) is 5.31. The Kier molecular flexibility index (Phi) is 12.7. The Labute approximate surface area is 353 Å². The van der Waals surface area contributed by atoms with Crippen molar-refractivity contribution in [1.29, 1.82) is 0 Å². The van der Waals surface area contributed by atoms with Crippen molar-refractivity contribution in [2.24, 2.45) is 17.8 Å². The van der Waals surface area contributed by atoms with Gasteiger partial charge in [0.25, 0.3) is 12.3 Å². The zero-order valence-corrected chi connectivity index (χ0v) is 35.6. The molecule has 62 heavy (non-hydrogen) atoms. The zero-order valence-electron chi connectivity index (χ0n) is 34.7. The van der Waals surface area contributed by atoms with Crippen LogP contribution < -0.4 is 29.6 Å². The molecule has 4 amide bonds. The Morgan fingerprint density at radius 1 is 1.03 bits per heavy atom. The summed E-state index contributed by atoms with van der Waals surface area (Å²) in [4.78, 5) is 61.6. The highest BCUT2D eigenvalue weighted by Gasteiger charge is 2.66. The minimum atomic E-state index is -4.99. The minimum Gasteiger partial charge on any atom is -0.494 e.